The molecule has 0 bridgehead atoms. The van der Waals surface area contributed by atoms with E-state index in [1.165, 1.54) is 6.07 Å². The van der Waals surface area contributed by atoms with Gasteiger partial charge >= 0.3 is 6.18 Å². The van der Waals surface area contributed by atoms with Crippen molar-refractivity contribution in [1.29, 1.82) is 0 Å². The molecule has 4 aromatic rings. The maximum atomic E-state index is 13.5. The first kappa shape index (κ1) is 26.8. The number of ether oxygens (including phenoxy) is 2. The Labute approximate surface area is 220 Å². The molecule has 4 aromatic carbocycles. The van der Waals surface area contributed by atoms with E-state index in [1.54, 1.807) is 36.4 Å². The number of benzene rings is 4. The van der Waals surface area contributed by atoms with Gasteiger partial charge in [-0.1, -0.05) is 61.9 Å². The van der Waals surface area contributed by atoms with Crippen LogP contribution in [0.15, 0.2) is 97.1 Å². The highest BCUT2D eigenvalue weighted by Crippen LogP contribution is 2.38. The monoisotopic (exact) mass is 519 g/mol. The molecule has 196 valence electrons. The SMILES string of the molecule is CCCCOc1ccc(C(=O)Nc2cc(C(F)(F)F)ccc2Oc2ccccc2Cc2ccccc2)cc1. The van der Waals surface area contributed by atoms with Gasteiger partial charge in [0.05, 0.1) is 17.9 Å². The van der Waals surface area contributed by atoms with Crippen LogP contribution in [0.1, 0.15) is 46.8 Å². The Morgan fingerprint density at radius 2 is 1.55 bits per heavy atom. The first-order valence-corrected chi connectivity index (χ1v) is 12.4. The van der Waals surface area contributed by atoms with Gasteiger partial charge in [0.1, 0.15) is 11.5 Å². The van der Waals surface area contributed by atoms with E-state index >= 15 is 0 Å². The van der Waals surface area contributed by atoms with Gasteiger partial charge in [-0.05, 0) is 66.1 Å². The Balaban J connectivity index is 1.59. The van der Waals surface area contributed by atoms with Crippen molar-refractivity contribution in [2.24, 2.45) is 0 Å². The van der Waals surface area contributed by atoms with E-state index in [0.717, 1.165) is 36.1 Å². The lowest BCUT2D eigenvalue weighted by atomic mass is 10.0. The summed E-state index contributed by atoms with van der Waals surface area (Å²) in [5.41, 5.74) is 1.22. The summed E-state index contributed by atoms with van der Waals surface area (Å²) in [6.45, 7) is 2.63. The Morgan fingerprint density at radius 3 is 2.26 bits per heavy atom. The van der Waals surface area contributed by atoms with E-state index in [1.807, 2.05) is 42.5 Å². The maximum absolute atomic E-state index is 13.5. The lowest BCUT2D eigenvalue weighted by Gasteiger charge is -2.17. The third kappa shape index (κ3) is 7.16. The molecule has 4 nitrogen and oxygen atoms in total. The molecule has 0 atom stereocenters. The molecule has 0 heterocycles. The quantitative estimate of drug-likeness (QED) is 0.214. The van der Waals surface area contributed by atoms with Crippen molar-refractivity contribution in [2.45, 2.75) is 32.4 Å². The predicted molar refractivity (Wildman–Crippen MR) is 142 cm³/mol. The highest BCUT2D eigenvalue weighted by molar-refractivity contribution is 6.05. The number of carbonyl (C=O) groups is 1. The topological polar surface area (TPSA) is 47.6 Å². The minimum Gasteiger partial charge on any atom is -0.494 e. The van der Waals surface area contributed by atoms with Gasteiger partial charge in [0, 0.05) is 12.0 Å². The lowest BCUT2D eigenvalue weighted by molar-refractivity contribution is -0.137. The summed E-state index contributed by atoms with van der Waals surface area (Å²) in [7, 11) is 0. The minimum atomic E-state index is -4.58. The van der Waals surface area contributed by atoms with E-state index in [2.05, 4.69) is 12.2 Å². The second kappa shape index (κ2) is 12.3. The Kier molecular flexibility index (Phi) is 8.69. The molecule has 0 aliphatic carbocycles. The molecule has 0 saturated heterocycles. The van der Waals surface area contributed by atoms with Crippen LogP contribution in [0, 0.1) is 0 Å². The average molecular weight is 520 g/mol. The molecule has 1 amide bonds. The van der Waals surface area contributed by atoms with E-state index < -0.39 is 17.6 Å². The van der Waals surface area contributed by atoms with Gasteiger partial charge < -0.3 is 14.8 Å². The van der Waals surface area contributed by atoms with Crippen LogP contribution in [-0.4, -0.2) is 12.5 Å². The molecule has 0 aliphatic rings. The average Bonchev–Trinajstić information content (AvgIpc) is 2.91. The van der Waals surface area contributed by atoms with E-state index in [-0.39, 0.29) is 17.0 Å². The van der Waals surface area contributed by atoms with Gasteiger partial charge in [0.2, 0.25) is 0 Å². The highest BCUT2D eigenvalue weighted by atomic mass is 19.4. The number of anilines is 1. The normalized spacial score (nSPS) is 11.2. The van der Waals surface area contributed by atoms with Crippen LogP contribution < -0.4 is 14.8 Å². The minimum absolute atomic E-state index is 0.0809. The van der Waals surface area contributed by atoms with Crippen molar-refractivity contribution >= 4 is 11.6 Å². The summed E-state index contributed by atoms with van der Waals surface area (Å²) in [4.78, 5) is 13.0. The summed E-state index contributed by atoms with van der Waals surface area (Å²) < 4.78 is 52.2. The molecule has 0 saturated carbocycles. The number of nitrogens with one attached hydrogen (secondary N) is 1. The predicted octanol–water partition coefficient (Wildman–Crippen LogP) is 8.52. The summed E-state index contributed by atoms with van der Waals surface area (Å²) in [6.07, 6.45) is -2.10. The zero-order chi connectivity index (χ0) is 27.0. The van der Waals surface area contributed by atoms with Gasteiger partial charge in [0.15, 0.2) is 5.75 Å². The molecule has 0 aromatic heterocycles. The fourth-order valence-electron chi connectivity index (χ4n) is 3.81. The van der Waals surface area contributed by atoms with E-state index in [4.69, 9.17) is 9.47 Å². The number of alkyl halides is 3. The molecule has 0 unspecified atom stereocenters. The van der Waals surface area contributed by atoms with Crippen molar-refractivity contribution < 1.29 is 27.4 Å². The molecule has 0 aliphatic heterocycles. The first-order valence-electron chi connectivity index (χ1n) is 12.4. The summed E-state index contributed by atoms with van der Waals surface area (Å²) >= 11 is 0. The Bertz CT molecular complexity index is 1350. The molecular weight excluding hydrogens is 491 g/mol. The second-order valence-corrected chi connectivity index (χ2v) is 8.76. The van der Waals surface area contributed by atoms with Crippen LogP contribution in [0.25, 0.3) is 0 Å². The zero-order valence-corrected chi connectivity index (χ0v) is 20.9. The largest absolute Gasteiger partial charge is 0.494 e. The number of amides is 1. The van der Waals surface area contributed by atoms with Gasteiger partial charge in [-0.25, -0.2) is 0 Å². The van der Waals surface area contributed by atoms with Crippen LogP contribution in [0.5, 0.6) is 17.2 Å². The van der Waals surface area contributed by atoms with Gasteiger partial charge in [-0.3, -0.25) is 4.79 Å². The molecule has 38 heavy (non-hydrogen) atoms. The Morgan fingerprint density at radius 1 is 0.842 bits per heavy atom. The molecular formula is C31H28F3NO3. The third-order valence-corrected chi connectivity index (χ3v) is 5.87. The first-order chi connectivity index (χ1) is 18.3. The fraction of sp³-hybridized carbons (Fsp3) is 0.194. The van der Waals surface area contributed by atoms with Crippen molar-refractivity contribution in [2.75, 3.05) is 11.9 Å². The molecule has 7 heteroatoms. The maximum Gasteiger partial charge on any atom is 0.416 e. The molecule has 0 radical (unpaired) electrons. The number of para-hydroxylation sites is 1. The van der Waals surface area contributed by atoms with E-state index in [9.17, 15) is 18.0 Å². The molecule has 1 N–H and O–H groups in total. The molecule has 0 spiro atoms. The van der Waals surface area contributed by atoms with Crippen molar-refractivity contribution in [3.63, 3.8) is 0 Å². The number of rotatable bonds is 10. The van der Waals surface area contributed by atoms with Gasteiger partial charge in [0.25, 0.3) is 5.91 Å². The van der Waals surface area contributed by atoms with Gasteiger partial charge in [-0.15, -0.1) is 0 Å². The molecule has 0 fully saturated rings. The van der Waals surface area contributed by atoms with Crippen LogP contribution in [0.4, 0.5) is 18.9 Å². The van der Waals surface area contributed by atoms with Gasteiger partial charge in [-0.2, -0.15) is 13.2 Å². The number of hydrogen-bond acceptors (Lipinski definition) is 3. The second-order valence-electron chi connectivity index (χ2n) is 8.76. The van der Waals surface area contributed by atoms with Crippen LogP contribution in [0.2, 0.25) is 0 Å². The number of carbonyl (C=O) groups excluding carboxylic acids is 1. The lowest BCUT2D eigenvalue weighted by Crippen LogP contribution is -2.14. The standard InChI is InChI=1S/C31H28F3NO3/c1-2-3-19-37-26-16-13-23(14-17-26)30(36)35-27-21-25(31(32,33)34)15-18-29(27)38-28-12-8-7-11-24(28)20-22-9-5-4-6-10-22/h4-18,21H,2-3,19-20H2,1H3,(H,35,36). The highest BCUT2D eigenvalue weighted by Gasteiger charge is 2.31. The van der Waals surface area contributed by atoms with Crippen molar-refractivity contribution in [3.05, 3.63) is 119 Å². The molecule has 4 rings (SSSR count). The number of hydrogen-bond donors (Lipinski definition) is 1. The smallest absolute Gasteiger partial charge is 0.416 e. The van der Waals surface area contributed by atoms with Crippen LogP contribution >= 0.6 is 0 Å². The van der Waals surface area contributed by atoms with Crippen LogP contribution in [-0.2, 0) is 12.6 Å². The van der Waals surface area contributed by atoms with E-state index in [0.29, 0.717) is 24.5 Å². The van der Waals surface area contributed by atoms with Crippen molar-refractivity contribution in [1.82, 2.24) is 0 Å². The zero-order valence-electron chi connectivity index (χ0n) is 20.9. The number of halogens is 3. The van der Waals surface area contributed by atoms with Crippen molar-refractivity contribution in [3.8, 4) is 17.2 Å². The third-order valence-electron chi connectivity index (χ3n) is 5.87. The fourth-order valence-corrected chi connectivity index (χ4v) is 3.81. The summed E-state index contributed by atoms with van der Waals surface area (Å²) in [5, 5.41) is 2.60. The Hall–Kier alpha value is -4.26. The summed E-state index contributed by atoms with van der Waals surface area (Å²) in [5.74, 6) is 0.645. The van der Waals surface area contributed by atoms with Crippen LogP contribution in [0.3, 0.4) is 0 Å². The number of unbranched alkanes of at least 4 members (excludes halogenated alkanes) is 1. The summed E-state index contributed by atoms with van der Waals surface area (Å²) in [6, 6.07) is 26.6.